The number of amides is 1. The Balaban J connectivity index is 1.93. The maximum absolute atomic E-state index is 12.2. The van der Waals surface area contributed by atoms with Crippen molar-refractivity contribution in [1.82, 2.24) is 5.32 Å². The molecule has 0 spiro atoms. The molecule has 2 aromatic rings. The Kier molecular flexibility index (Phi) is 6.41. The molecular formula is C18H20N2O4S. The molecule has 0 aliphatic heterocycles. The van der Waals surface area contributed by atoms with Gasteiger partial charge in [-0.25, -0.2) is 0 Å². The van der Waals surface area contributed by atoms with E-state index < -0.39 is 4.92 Å². The number of carbonyl (C=O) groups is 1. The van der Waals surface area contributed by atoms with Gasteiger partial charge in [0, 0.05) is 22.6 Å². The molecule has 0 fully saturated rings. The van der Waals surface area contributed by atoms with E-state index in [0.29, 0.717) is 0 Å². The zero-order valence-corrected chi connectivity index (χ0v) is 15.1. The van der Waals surface area contributed by atoms with Gasteiger partial charge < -0.3 is 10.1 Å². The first kappa shape index (κ1) is 18.8. The molecule has 6 nitrogen and oxygen atoms in total. The predicted octanol–water partition coefficient (Wildman–Crippen LogP) is 3.88. The molecule has 2 aromatic carbocycles. The molecule has 7 heteroatoms. The molecule has 0 saturated heterocycles. The standard InChI is InChI=1S/C18H20N2O4S/c1-12-4-9-17(24-3)16(10-12)13(2)19-18(21)11-25-15-7-5-14(6-8-15)20(22)23/h4-10,13H,11H2,1-3H3,(H,19,21)/t13-/m1/s1. The van der Waals surface area contributed by atoms with E-state index in [0.717, 1.165) is 21.8 Å². The lowest BCUT2D eigenvalue weighted by molar-refractivity contribution is -0.384. The highest BCUT2D eigenvalue weighted by Gasteiger charge is 2.14. The van der Waals surface area contributed by atoms with E-state index in [4.69, 9.17) is 4.74 Å². The molecule has 0 bridgehead atoms. The number of nitro benzene ring substituents is 1. The fourth-order valence-corrected chi connectivity index (χ4v) is 3.08. The van der Waals surface area contributed by atoms with Crippen molar-refractivity contribution in [2.75, 3.05) is 12.9 Å². The van der Waals surface area contributed by atoms with Gasteiger partial charge in [0.15, 0.2) is 0 Å². The average Bonchev–Trinajstić information content (AvgIpc) is 2.60. The van der Waals surface area contributed by atoms with E-state index in [9.17, 15) is 14.9 Å². The van der Waals surface area contributed by atoms with Crippen LogP contribution in [0.25, 0.3) is 0 Å². The molecule has 0 heterocycles. The first-order valence-corrected chi connectivity index (χ1v) is 8.70. The van der Waals surface area contributed by atoms with Gasteiger partial charge in [-0.2, -0.15) is 0 Å². The molecular weight excluding hydrogens is 340 g/mol. The maximum atomic E-state index is 12.2. The maximum Gasteiger partial charge on any atom is 0.269 e. The smallest absolute Gasteiger partial charge is 0.269 e. The summed E-state index contributed by atoms with van der Waals surface area (Å²) in [5.41, 5.74) is 2.06. The SMILES string of the molecule is COc1ccc(C)cc1[C@@H](C)NC(=O)CSc1ccc([N+](=O)[O-])cc1. The Bertz CT molecular complexity index is 762. The molecule has 25 heavy (non-hydrogen) atoms. The molecule has 1 atom stereocenters. The van der Waals surface area contributed by atoms with Crippen molar-refractivity contribution in [3.05, 3.63) is 63.7 Å². The minimum Gasteiger partial charge on any atom is -0.496 e. The van der Waals surface area contributed by atoms with Crippen LogP contribution in [0.15, 0.2) is 47.4 Å². The van der Waals surface area contributed by atoms with E-state index in [1.165, 1.54) is 23.9 Å². The Hall–Kier alpha value is -2.54. The summed E-state index contributed by atoms with van der Waals surface area (Å²) in [6.45, 7) is 3.90. The monoisotopic (exact) mass is 360 g/mol. The van der Waals surface area contributed by atoms with Gasteiger partial charge in [0.25, 0.3) is 5.69 Å². The van der Waals surface area contributed by atoms with Crippen molar-refractivity contribution in [3.8, 4) is 5.75 Å². The highest BCUT2D eigenvalue weighted by atomic mass is 32.2. The molecule has 2 rings (SSSR count). The van der Waals surface area contributed by atoms with Gasteiger partial charge in [0.2, 0.25) is 5.91 Å². The van der Waals surface area contributed by atoms with Crippen LogP contribution in [-0.4, -0.2) is 23.7 Å². The Morgan fingerprint density at radius 1 is 1.28 bits per heavy atom. The van der Waals surface area contributed by atoms with Gasteiger partial charge in [-0.1, -0.05) is 17.7 Å². The molecule has 0 aliphatic rings. The summed E-state index contributed by atoms with van der Waals surface area (Å²) in [7, 11) is 1.60. The Morgan fingerprint density at radius 3 is 2.56 bits per heavy atom. The summed E-state index contributed by atoms with van der Waals surface area (Å²) in [6, 6.07) is 11.8. The topological polar surface area (TPSA) is 81.5 Å². The lowest BCUT2D eigenvalue weighted by Crippen LogP contribution is -2.28. The van der Waals surface area contributed by atoms with Crippen molar-refractivity contribution < 1.29 is 14.5 Å². The average molecular weight is 360 g/mol. The number of rotatable bonds is 7. The highest BCUT2D eigenvalue weighted by molar-refractivity contribution is 8.00. The van der Waals surface area contributed by atoms with Crippen LogP contribution < -0.4 is 10.1 Å². The number of nitrogens with one attached hydrogen (secondary N) is 1. The number of benzene rings is 2. The van der Waals surface area contributed by atoms with Crippen molar-refractivity contribution in [1.29, 1.82) is 0 Å². The van der Waals surface area contributed by atoms with Gasteiger partial charge in [0.05, 0.1) is 23.8 Å². The summed E-state index contributed by atoms with van der Waals surface area (Å²) >= 11 is 1.33. The van der Waals surface area contributed by atoms with E-state index >= 15 is 0 Å². The van der Waals surface area contributed by atoms with Gasteiger partial charge in [-0.05, 0) is 32.0 Å². The van der Waals surface area contributed by atoms with E-state index in [1.54, 1.807) is 19.2 Å². The fourth-order valence-electron chi connectivity index (χ4n) is 2.37. The quantitative estimate of drug-likeness (QED) is 0.460. The number of ether oxygens (including phenoxy) is 1. The highest BCUT2D eigenvalue weighted by Crippen LogP contribution is 2.26. The zero-order chi connectivity index (χ0) is 18.4. The first-order valence-electron chi connectivity index (χ1n) is 7.72. The molecule has 132 valence electrons. The van der Waals surface area contributed by atoms with Crippen molar-refractivity contribution in [3.63, 3.8) is 0 Å². The van der Waals surface area contributed by atoms with E-state index in [2.05, 4.69) is 5.32 Å². The van der Waals surface area contributed by atoms with Gasteiger partial charge >= 0.3 is 0 Å². The summed E-state index contributed by atoms with van der Waals surface area (Å²) < 4.78 is 5.35. The number of hydrogen-bond acceptors (Lipinski definition) is 5. The fraction of sp³-hybridized carbons (Fsp3) is 0.278. The third kappa shape index (κ3) is 5.22. The molecule has 1 amide bonds. The van der Waals surface area contributed by atoms with Crippen molar-refractivity contribution >= 4 is 23.4 Å². The number of non-ortho nitro benzene ring substituents is 1. The first-order chi connectivity index (χ1) is 11.9. The second-order valence-corrected chi connectivity index (χ2v) is 6.62. The third-order valence-electron chi connectivity index (χ3n) is 3.65. The van der Waals surface area contributed by atoms with Crippen LogP contribution in [0.4, 0.5) is 5.69 Å². The molecule has 0 unspecified atom stereocenters. The van der Waals surface area contributed by atoms with E-state index in [1.807, 2.05) is 32.0 Å². The van der Waals surface area contributed by atoms with Gasteiger partial charge in [0.1, 0.15) is 5.75 Å². The van der Waals surface area contributed by atoms with Crippen LogP contribution in [0.5, 0.6) is 5.75 Å². The van der Waals surface area contributed by atoms with Crippen LogP contribution >= 0.6 is 11.8 Å². The largest absolute Gasteiger partial charge is 0.496 e. The summed E-state index contributed by atoms with van der Waals surface area (Å²) in [4.78, 5) is 23.2. The number of nitrogens with zero attached hydrogens (tertiary/aromatic N) is 1. The van der Waals surface area contributed by atoms with Crippen LogP contribution in [0.3, 0.4) is 0 Å². The predicted molar refractivity (Wildman–Crippen MR) is 98.1 cm³/mol. The molecule has 0 aromatic heterocycles. The Labute approximate surface area is 150 Å². The van der Waals surface area contributed by atoms with Crippen molar-refractivity contribution in [2.24, 2.45) is 0 Å². The van der Waals surface area contributed by atoms with Gasteiger partial charge in [-0.3, -0.25) is 14.9 Å². The summed E-state index contributed by atoms with van der Waals surface area (Å²) in [5, 5.41) is 13.6. The van der Waals surface area contributed by atoms with Crippen LogP contribution in [0.1, 0.15) is 24.1 Å². The lowest BCUT2D eigenvalue weighted by atomic mass is 10.0. The minimum absolute atomic E-state index is 0.0361. The second-order valence-electron chi connectivity index (χ2n) is 5.57. The number of hydrogen-bond donors (Lipinski definition) is 1. The number of aryl methyl sites for hydroxylation is 1. The van der Waals surface area contributed by atoms with Crippen molar-refractivity contribution in [2.45, 2.75) is 24.8 Å². The number of thioether (sulfide) groups is 1. The van der Waals surface area contributed by atoms with E-state index in [-0.39, 0.29) is 23.4 Å². The third-order valence-corrected chi connectivity index (χ3v) is 4.66. The molecule has 0 aliphatic carbocycles. The number of methoxy groups -OCH3 is 1. The molecule has 1 N–H and O–H groups in total. The lowest BCUT2D eigenvalue weighted by Gasteiger charge is -2.18. The zero-order valence-electron chi connectivity index (χ0n) is 14.3. The summed E-state index contributed by atoms with van der Waals surface area (Å²) in [6.07, 6.45) is 0. The van der Waals surface area contributed by atoms with Crippen LogP contribution in [0.2, 0.25) is 0 Å². The normalized spacial score (nSPS) is 11.6. The Morgan fingerprint density at radius 2 is 1.96 bits per heavy atom. The second kappa shape index (κ2) is 8.53. The summed E-state index contributed by atoms with van der Waals surface area (Å²) in [5.74, 6) is 0.858. The minimum atomic E-state index is -0.446. The van der Waals surface area contributed by atoms with Gasteiger partial charge in [-0.15, -0.1) is 11.8 Å². The number of nitro groups is 1. The van der Waals surface area contributed by atoms with Crippen LogP contribution in [-0.2, 0) is 4.79 Å². The molecule has 0 radical (unpaired) electrons. The molecule has 0 saturated carbocycles. The number of carbonyl (C=O) groups excluding carboxylic acids is 1. The van der Waals surface area contributed by atoms with Crippen LogP contribution in [0, 0.1) is 17.0 Å².